The van der Waals surface area contributed by atoms with Crippen molar-refractivity contribution >= 4 is 23.5 Å². The van der Waals surface area contributed by atoms with Gasteiger partial charge in [0.1, 0.15) is 5.75 Å². The Morgan fingerprint density at radius 3 is 2.02 bits per heavy atom. The molecule has 3 aromatic carbocycles. The van der Waals surface area contributed by atoms with Crippen molar-refractivity contribution < 1.29 is 28.6 Å². The van der Waals surface area contributed by atoms with Gasteiger partial charge in [-0.1, -0.05) is 61.4 Å². The molecule has 0 aliphatic carbocycles. The third-order valence-corrected chi connectivity index (χ3v) is 6.65. The van der Waals surface area contributed by atoms with Crippen molar-refractivity contribution in [2.24, 2.45) is 0 Å². The molecule has 0 saturated carbocycles. The Morgan fingerprint density at radius 1 is 0.675 bits per heavy atom. The van der Waals surface area contributed by atoms with Crippen LogP contribution in [0.5, 0.6) is 5.75 Å². The van der Waals surface area contributed by atoms with Crippen LogP contribution in [0.4, 0.5) is 5.69 Å². The van der Waals surface area contributed by atoms with E-state index in [9.17, 15) is 14.4 Å². The van der Waals surface area contributed by atoms with Gasteiger partial charge in [-0.15, -0.1) is 0 Å². The van der Waals surface area contributed by atoms with Gasteiger partial charge in [0, 0.05) is 12.1 Å². The topological polar surface area (TPSA) is 90.9 Å². The molecule has 7 nitrogen and oxygen atoms in total. The van der Waals surface area contributed by atoms with Crippen molar-refractivity contribution in [1.82, 2.24) is 0 Å². The molecule has 0 unspecified atom stereocenters. The zero-order valence-electron chi connectivity index (χ0n) is 23.4. The van der Waals surface area contributed by atoms with Crippen LogP contribution in [0.2, 0.25) is 0 Å². The van der Waals surface area contributed by atoms with Crippen LogP contribution in [0.1, 0.15) is 54.4 Å². The van der Waals surface area contributed by atoms with E-state index in [4.69, 9.17) is 14.2 Å². The molecule has 3 aromatic rings. The fourth-order valence-electron chi connectivity index (χ4n) is 4.35. The number of hydrogen-bond acceptors (Lipinski definition) is 6. The van der Waals surface area contributed by atoms with Crippen LogP contribution < -0.4 is 10.1 Å². The molecule has 1 amide bonds. The molecule has 0 heterocycles. The monoisotopic (exact) mass is 545 g/mol. The standard InChI is InChI=1S/C33H39NO6/c1-38-32(36)23-27-16-17-29(22-28(27)24-33(37)39-2)34-31(35)20-15-26-13-18-30(19-14-26)40-21-9-4-3-6-10-25-11-7-5-8-12-25/h5,7-8,11-14,16-19,22H,3-4,6,9-10,15,20-21,23-24H2,1-2H3,(H,34,35). The number of rotatable bonds is 16. The highest BCUT2D eigenvalue weighted by Crippen LogP contribution is 2.20. The number of amides is 1. The summed E-state index contributed by atoms with van der Waals surface area (Å²) >= 11 is 0. The maximum atomic E-state index is 12.6. The molecule has 0 fully saturated rings. The third kappa shape index (κ3) is 10.9. The Balaban J connectivity index is 1.38. The number of benzene rings is 3. The van der Waals surface area contributed by atoms with E-state index in [0.29, 0.717) is 36.3 Å². The van der Waals surface area contributed by atoms with Crippen LogP contribution in [-0.4, -0.2) is 38.7 Å². The predicted octanol–water partition coefficient (Wildman–Crippen LogP) is 5.87. The molecule has 0 radical (unpaired) electrons. The summed E-state index contributed by atoms with van der Waals surface area (Å²) in [7, 11) is 2.62. The summed E-state index contributed by atoms with van der Waals surface area (Å²) in [5.74, 6) is -0.144. The van der Waals surface area contributed by atoms with E-state index in [1.807, 2.05) is 30.3 Å². The van der Waals surface area contributed by atoms with Crippen LogP contribution >= 0.6 is 0 Å². The van der Waals surface area contributed by atoms with Gasteiger partial charge in [0.15, 0.2) is 0 Å². The molecule has 40 heavy (non-hydrogen) atoms. The Kier molecular flexibility index (Phi) is 12.7. The maximum Gasteiger partial charge on any atom is 0.309 e. The smallest absolute Gasteiger partial charge is 0.309 e. The number of ether oxygens (including phenoxy) is 3. The minimum Gasteiger partial charge on any atom is -0.494 e. The molecule has 1 N–H and O–H groups in total. The summed E-state index contributed by atoms with van der Waals surface area (Å²) in [6.07, 6.45) is 6.62. The van der Waals surface area contributed by atoms with E-state index < -0.39 is 11.9 Å². The molecular formula is C33H39NO6. The Morgan fingerprint density at radius 2 is 1.32 bits per heavy atom. The minimum absolute atomic E-state index is 0.00475. The molecule has 0 aliphatic heterocycles. The van der Waals surface area contributed by atoms with Gasteiger partial charge in [-0.25, -0.2) is 0 Å². The van der Waals surface area contributed by atoms with Gasteiger partial charge in [0.25, 0.3) is 0 Å². The lowest BCUT2D eigenvalue weighted by Gasteiger charge is -2.12. The lowest BCUT2D eigenvalue weighted by atomic mass is 10.0. The van der Waals surface area contributed by atoms with Gasteiger partial charge in [-0.3, -0.25) is 14.4 Å². The first-order valence-corrected chi connectivity index (χ1v) is 13.8. The molecule has 0 aliphatic rings. The summed E-state index contributed by atoms with van der Waals surface area (Å²) in [6, 6.07) is 23.6. The van der Waals surface area contributed by atoms with Gasteiger partial charge in [0.2, 0.25) is 5.91 Å². The highest BCUT2D eigenvalue weighted by atomic mass is 16.5. The highest BCUT2D eigenvalue weighted by Gasteiger charge is 2.14. The fraction of sp³-hybridized carbons (Fsp3) is 0.364. The predicted molar refractivity (Wildman–Crippen MR) is 155 cm³/mol. The van der Waals surface area contributed by atoms with Gasteiger partial charge < -0.3 is 19.5 Å². The fourth-order valence-corrected chi connectivity index (χ4v) is 4.35. The van der Waals surface area contributed by atoms with E-state index in [-0.39, 0.29) is 18.7 Å². The molecule has 3 rings (SSSR count). The van der Waals surface area contributed by atoms with Gasteiger partial charge >= 0.3 is 11.9 Å². The van der Waals surface area contributed by atoms with Gasteiger partial charge in [-0.05, 0) is 72.2 Å². The normalized spacial score (nSPS) is 10.6. The van der Waals surface area contributed by atoms with E-state index in [2.05, 4.69) is 29.6 Å². The summed E-state index contributed by atoms with van der Waals surface area (Å²) in [6.45, 7) is 0.698. The molecule has 0 bridgehead atoms. The van der Waals surface area contributed by atoms with Gasteiger partial charge in [-0.2, -0.15) is 0 Å². The highest BCUT2D eigenvalue weighted by molar-refractivity contribution is 5.91. The second-order valence-corrected chi connectivity index (χ2v) is 9.68. The van der Waals surface area contributed by atoms with E-state index in [0.717, 1.165) is 30.6 Å². The van der Waals surface area contributed by atoms with Crippen molar-refractivity contribution in [3.05, 3.63) is 95.1 Å². The maximum absolute atomic E-state index is 12.6. The lowest BCUT2D eigenvalue weighted by Crippen LogP contribution is -2.14. The van der Waals surface area contributed by atoms with Crippen molar-refractivity contribution in [2.75, 3.05) is 26.1 Å². The summed E-state index contributed by atoms with van der Waals surface area (Å²) in [4.78, 5) is 36.1. The summed E-state index contributed by atoms with van der Waals surface area (Å²) < 4.78 is 15.4. The Labute approximate surface area is 236 Å². The van der Waals surface area contributed by atoms with Crippen molar-refractivity contribution in [2.45, 2.75) is 57.8 Å². The Bertz CT molecular complexity index is 1220. The van der Waals surface area contributed by atoms with E-state index >= 15 is 0 Å². The van der Waals surface area contributed by atoms with Crippen LogP contribution in [0.15, 0.2) is 72.8 Å². The number of esters is 2. The zero-order chi connectivity index (χ0) is 28.6. The van der Waals surface area contributed by atoms with Crippen LogP contribution in [-0.2, 0) is 49.5 Å². The Hall–Kier alpha value is -4.13. The molecule has 0 aromatic heterocycles. The van der Waals surface area contributed by atoms with Gasteiger partial charge in [0.05, 0.1) is 33.7 Å². The van der Waals surface area contributed by atoms with Crippen molar-refractivity contribution in [3.8, 4) is 5.75 Å². The zero-order valence-corrected chi connectivity index (χ0v) is 23.4. The number of unbranched alkanes of at least 4 members (excludes halogenated alkanes) is 3. The van der Waals surface area contributed by atoms with Crippen LogP contribution in [0, 0.1) is 0 Å². The van der Waals surface area contributed by atoms with Crippen LogP contribution in [0.25, 0.3) is 0 Å². The average molecular weight is 546 g/mol. The molecule has 0 spiro atoms. The van der Waals surface area contributed by atoms with Crippen LogP contribution in [0.3, 0.4) is 0 Å². The third-order valence-electron chi connectivity index (χ3n) is 6.65. The summed E-state index contributed by atoms with van der Waals surface area (Å²) in [5, 5.41) is 2.88. The number of nitrogens with one attached hydrogen (secondary N) is 1. The number of methoxy groups -OCH3 is 2. The molecule has 0 saturated heterocycles. The van der Waals surface area contributed by atoms with Crippen molar-refractivity contribution in [3.63, 3.8) is 0 Å². The first-order chi connectivity index (χ1) is 19.5. The number of carbonyl (C=O) groups excluding carboxylic acids is 3. The number of hydrogen-bond donors (Lipinski definition) is 1. The molecular weight excluding hydrogens is 506 g/mol. The van der Waals surface area contributed by atoms with E-state index in [1.165, 1.54) is 32.6 Å². The molecule has 7 heteroatoms. The molecule has 0 atom stereocenters. The number of aryl methyl sites for hydroxylation is 2. The number of anilines is 1. The van der Waals surface area contributed by atoms with Crippen molar-refractivity contribution in [1.29, 1.82) is 0 Å². The second kappa shape index (κ2) is 16.7. The number of carbonyl (C=O) groups is 3. The second-order valence-electron chi connectivity index (χ2n) is 9.68. The minimum atomic E-state index is -0.430. The quantitative estimate of drug-likeness (QED) is 0.179. The molecule has 212 valence electrons. The lowest BCUT2D eigenvalue weighted by molar-refractivity contribution is -0.141. The first kappa shape index (κ1) is 30.4. The first-order valence-electron chi connectivity index (χ1n) is 13.8. The SMILES string of the molecule is COC(=O)Cc1ccc(NC(=O)CCc2ccc(OCCCCCCc3ccccc3)cc2)cc1CC(=O)OC. The van der Waals surface area contributed by atoms with E-state index in [1.54, 1.807) is 18.2 Å². The summed E-state index contributed by atoms with van der Waals surface area (Å²) in [5.41, 5.74) is 4.26. The largest absolute Gasteiger partial charge is 0.494 e. The average Bonchev–Trinajstić information content (AvgIpc) is 2.97.